The lowest BCUT2D eigenvalue weighted by Crippen LogP contribution is -2.49. The SMILES string of the molecule is CC1CC(C#N)(C(=O)N2CC[C@@H](O)C2)C1. The molecule has 1 saturated heterocycles. The van der Waals surface area contributed by atoms with E-state index in [1.165, 1.54) is 0 Å². The van der Waals surface area contributed by atoms with E-state index in [1.807, 2.05) is 0 Å². The molecule has 1 saturated carbocycles. The number of likely N-dealkylation sites (tertiary alicyclic amines) is 1. The number of hydrogen-bond donors (Lipinski definition) is 1. The van der Waals surface area contributed by atoms with E-state index in [1.54, 1.807) is 4.90 Å². The second-order valence-electron chi connectivity index (χ2n) is 4.90. The summed E-state index contributed by atoms with van der Waals surface area (Å²) in [6.07, 6.45) is 1.59. The van der Waals surface area contributed by atoms with Gasteiger partial charge < -0.3 is 10.0 Å². The fourth-order valence-electron chi connectivity index (χ4n) is 2.67. The van der Waals surface area contributed by atoms with Crippen LogP contribution in [0.3, 0.4) is 0 Å². The standard InChI is InChI=1S/C11H16N2O2/c1-8-4-11(5-8,7-12)10(15)13-3-2-9(14)6-13/h8-9,14H,2-6H2,1H3/t8?,9-,11?/m1/s1. The summed E-state index contributed by atoms with van der Waals surface area (Å²) in [7, 11) is 0. The smallest absolute Gasteiger partial charge is 0.243 e. The van der Waals surface area contributed by atoms with Gasteiger partial charge in [0.25, 0.3) is 0 Å². The van der Waals surface area contributed by atoms with Gasteiger partial charge in [-0.15, -0.1) is 0 Å². The van der Waals surface area contributed by atoms with Crippen molar-refractivity contribution in [3.8, 4) is 6.07 Å². The van der Waals surface area contributed by atoms with Crippen LogP contribution in [0.1, 0.15) is 26.2 Å². The van der Waals surface area contributed by atoms with Gasteiger partial charge in [-0.05, 0) is 25.2 Å². The monoisotopic (exact) mass is 208 g/mol. The summed E-state index contributed by atoms with van der Waals surface area (Å²) in [5.41, 5.74) is -0.774. The third kappa shape index (κ3) is 1.61. The number of aliphatic hydroxyl groups is 1. The Kier molecular flexibility index (Phi) is 2.43. The van der Waals surface area contributed by atoms with Gasteiger partial charge in [0.05, 0.1) is 12.2 Å². The van der Waals surface area contributed by atoms with Crippen molar-refractivity contribution in [3.63, 3.8) is 0 Å². The Hall–Kier alpha value is -1.08. The van der Waals surface area contributed by atoms with Gasteiger partial charge in [-0.1, -0.05) is 6.92 Å². The van der Waals surface area contributed by atoms with Gasteiger partial charge in [0.15, 0.2) is 0 Å². The molecule has 15 heavy (non-hydrogen) atoms. The summed E-state index contributed by atoms with van der Waals surface area (Å²) in [6.45, 7) is 3.05. The number of β-amino-alcohol motifs (C(OH)–C–C–N with tert-alkyl or cyclic N) is 1. The summed E-state index contributed by atoms with van der Waals surface area (Å²) in [6, 6.07) is 2.16. The molecule has 0 spiro atoms. The molecular weight excluding hydrogens is 192 g/mol. The van der Waals surface area contributed by atoms with Gasteiger partial charge in [0.1, 0.15) is 5.41 Å². The van der Waals surface area contributed by atoms with E-state index < -0.39 is 11.5 Å². The molecule has 1 amide bonds. The minimum absolute atomic E-state index is 0.0698. The quantitative estimate of drug-likeness (QED) is 0.683. The fraction of sp³-hybridized carbons (Fsp3) is 0.818. The van der Waals surface area contributed by atoms with Crippen molar-refractivity contribution >= 4 is 5.91 Å². The first-order valence-electron chi connectivity index (χ1n) is 5.46. The Balaban J connectivity index is 2.05. The predicted molar refractivity (Wildman–Crippen MR) is 53.6 cm³/mol. The van der Waals surface area contributed by atoms with Crippen LogP contribution >= 0.6 is 0 Å². The van der Waals surface area contributed by atoms with Crippen molar-refractivity contribution in [2.24, 2.45) is 11.3 Å². The van der Waals surface area contributed by atoms with E-state index in [4.69, 9.17) is 5.26 Å². The lowest BCUT2D eigenvalue weighted by atomic mass is 9.63. The molecule has 0 radical (unpaired) electrons. The lowest BCUT2D eigenvalue weighted by molar-refractivity contribution is -0.144. The second-order valence-corrected chi connectivity index (χ2v) is 4.90. The number of rotatable bonds is 1. The fourth-order valence-corrected chi connectivity index (χ4v) is 2.67. The third-order valence-electron chi connectivity index (χ3n) is 3.47. The molecule has 1 aliphatic heterocycles. The van der Waals surface area contributed by atoms with Crippen LogP contribution in [0.5, 0.6) is 0 Å². The number of carbonyl (C=O) groups excluding carboxylic acids is 1. The van der Waals surface area contributed by atoms with E-state index in [2.05, 4.69) is 13.0 Å². The lowest BCUT2D eigenvalue weighted by Gasteiger charge is -2.41. The van der Waals surface area contributed by atoms with Crippen LogP contribution in [0.25, 0.3) is 0 Å². The molecule has 1 N–H and O–H groups in total. The van der Waals surface area contributed by atoms with Crippen LogP contribution in [0.2, 0.25) is 0 Å². The van der Waals surface area contributed by atoms with E-state index in [0.717, 1.165) is 0 Å². The first kappa shape index (κ1) is 10.4. The van der Waals surface area contributed by atoms with Crippen molar-refractivity contribution in [2.45, 2.75) is 32.3 Å². The average molecular weight is 208 g/mol. The van der Waals surface area contributed by atoms with E-state index in [0.29, 0.717) is 38.3 Å². The minimum Gasteiger partial charge on any atom is -0.391 e. The Morgan fingerprint density at radius 1 is 1.60 bits per heavy atom. The van der Waals surface area contributed by atoms with Crippen LogP contribution in [0, 0.1) is 22.7 Å². The minimum atomic E-state index is -0.774. The number of nitrogens with zero attached hydrogens (tertiary/aromatic N) is 2. The van der Waals surface area contributed by atoms with Gasteiger partial charge in [0, 0.05) is 13.1 Å². The Labute approximate surface area is 89.5 Å². The van der Waals surface area contributed by atoms with Crippen molar-refractivity contribution < 1.29 is 9.90 Å². The summed E-state index contributed by atoms with van der Waals surface area (Å²) in [5.74, 6) is 0.403. The molecule has 2 rings (SSSR count). The molecule has 82 valence electrons. The molecule has 1 heterocycles. The van der Waals surface area contributed by atoms with E-state index in [9.17, 15) is 9.90 Å². The maximum absolute atomic E-state index is 12.1. The van der Waals surface area contributed by atoms with E-state index >= 15 is 0 Å². The summed E-state index contributed by atoms with van der Waals surface area (Å²) >= 11 is 0. The van der Waals surface area contributed by atoms with Crippen LogP contribution < -0.4 is 0 Å². The maximum atomic E-state index is 12.1. The zero-order chi connectivity index (χ0) is 11.1. The molecule has 4 nitrogen and oxygen atoms in total. The molecule has 0 unspecified atom stereocenters. The molecule has 2 fully saturated rings. The highest BCUT2D eigenvalue weighted by Crippen LogP contribution is 2.46. The Morgan fingerprint density at radius 2 is 2.27 bits per heavy atom. The van der Waals surface area contributed by atoms with E-state index in [-0.39, 0.29) is 5.91 Å². The highest BCUT2D eigenvalue weighted by atomic mass is 16.3. The number of nitriles is 1. The average Bonchev–Trinajstić information content (AvgIpc) is 2.58. The molecule has 0 aromatic rings. The van der Waals surface area contributed by atoms with Crippen LogP contribution in [0.4, 0.5) is 0 Å². The van der Waals surface area contributed by atoms with Crippen LogP contribution in [-0.4, -0.2) is 35.1 Å². The summed E-state index contributed by atoms with van der Waals surface area (Å²) < 4.78 is 0. The van der Waals surface area contributed by atoms with Crippen molar-refractivity contribution in [1.82, 2.24) is 4.90 Å². The number of amides is 1. The number of hydrogen-bond acceptors (Lipinski definition) is 3. The zero-order valence-corrected chi connectivity index (χ0v) is 8.94. The molecule has 2 aliphatic rings. The third-order valence-corrected chi connectivity index (χ3v) is 3.47. The van der Waals surface area contributed by atoms with Gasteiger partial charge in [-0.25, -0.2) is 0 Å². The first-order chi connectivity index (χ1) is 7.07. The molecule has 0 aromatic carbocycles. The molecule has 4 heteroatoms. The predicted octanol–water partition coefficient (Wildman–Crippen LogP) is 0.519. The molecule has 0 bridgehead atoms. The van der Waals surface area contributed by atoms with Crippen molar-refractivity contribution in [3.05, 3.63) is 0 Å². The normalized spacial score (nSPS) is 39.7. The highest BCUT2D eigenvalue weighted by molar-refractivity contribution is 5.86. The highest BCUT2D eigenvalue weighted by Gasteiger charge is 2.51. The number of carbonyl (C=O) groups is 1. The van der Waals surface area contributed by atoms with Gasteiger partial charge in [-0.2, -0.15) is 5.26 Å². The zero-order valence-electron chi connectivity index (χ0n) is 8.94. The molecule has 1 aliphatic carbocycles. The number of aliphatic hydroxyl groups excluding tert-OH is 1. The second kappa shape index (κ2) is 3.49. The first-order valence-corrected chi connectivity index (χ1v) is 5.46. The van der Waals surface area contributed by atoms with Crippen molar-refractivity contribution in [2.75, 3.05) is 13.1 Å². The van der Waals surface area contributed by atoms with Crippen LogP contribution in [-0.2, 0) is 4.79 Å². The summed E-state index contributed by atoms with van der Waals surface area (Å²) in [4.78, 5) is 13.7. The molecular formula is C11H16N2O2. The van der Waals surface area contributed by atoms with Gasteiger partial charge >= 0.3 is 0 Å². The van der Waals surface area contributed by atoms with Crippen molar-refractivity contribution in [1.29, 1.82) is 5.26 Å². The largest absolute Gasteiger partial charge is 0.391 e. The summed E-state index contributed by atoms with van der Waals surface area (Å²) in [5, 5.41) is 18.4. The van der Waals surface area contributed by atoms with Gasteiger partial charge in [0.2, 0.25) is 5.91 Å². The Morgan fingerprint density at radius 3 is 2.67 bits per heavy atom. The Bertz CT molecular complexity index is 315. The molecule has 0 aromatic heterocycles. The van der Waals surface area contributed by atoms with Crippen LogP contribution in [0.15, 0.2) is 0 Å². The topological polar surface area (TPSA) is 64.3 Å². The van der Waals surface area contributed by atoms with Gasteiger partial charge in [-0.3, -0.25) is 4.79 Å². The maximum Gasteiger partial charge on any atom is 0.243 e. The molecule has 1 atom stereocenters.